The molecular weight excluding hydrogens is 282 g/mol. The number of nitrogens with zero attached hydrogens (tertiary/aromatic N) is 1. The van der Waals surface area contributed by atoms with Gasteiger partial charge in [0.1, 0.15) is 11.8 Å². The maximum Gasteiger partial charge on any atom is 0.329 e. The molecule has 0 N–H and O–H groups in total. The largest absolute Gasteiger partial charge is 0.464 e. The van der Waals surface area contributed by atoms with E-state index in [0.29, 0.717) is 12.1 Å². The molecular formula is C17H21NO4. The summed E-state index contributed by atoms with van der Waals surface area (Å²) >= 11 is 0. The molecule has 1 aromatic rings. The number of hydrogen-bond acceptors (Lipinski definition) is 4. The number of carbonyl (C=O) groups is 3. The molecule has 2 atom stereocenters. The SMILES string of the molecule is CCOC(=O)[C@H]1[C@@H](C(C)=O)CCC(=O)N1c1ccc(C)cc1. The van der Waals surface area contributed by atoms with Gasteiger partial charge in [-0.25, -0.2) is 4.79 Å². The summed E-state index contributed by atoms with van der Waals surface area (Å²) in [6, 6.07) is 6.47. The highest BCUT2D eigenvalue weighted by molar-refractivity contribution is 6.03. The fraction of sp³-hybridized carbons (Fsp3) is 0.471. The Morgan fingerprint density at radius 2 is 1.91 bits per heavy atom. The van der Waals surface area contributed by atoms with Crippen molar-refractivity contribution in [3.05, 3.63) is 29.8 Å². The van der Waals surface area contributed by atoms with Crippen molar-refractivity contribution in [2.75, 3.05) is 11.5 Å². The van der Waals surface area contributed by atoms with Crippen molar-refractivity contribution in [1.29, 1.82) is 0 Å². The van der Waals surface area contributed by atoms with Gasteiger partial charge in [0.25, 0.3) is 0 Å². The molecule has 5 nitrogen and oxygen atoms in total. The number of esters is 1. The lowest BCUT2D eigenvalue weighted by Crippen LogP contribution is -2.55. The van der Waals surface area contributed by atoms with E-state index >= 15 is 0 Å². The van der Waals surface area contributed by atoms with Gasteiger partial charge in [-0.15, -0.1) is 0 Å². The second-order valence-electron chi connectivity index (χ2n) is 5.55. The summed E-state index contributed by atoms with van der Waals surface area (Å²) in [4.78, 5) is 38.0. The van der Waals surface area contributed by atoms with E-state index in [0.717, 1.165) is 5.56 Å². The first-order chi connectivity index (χ1) is 10.5. The van der Waals surface area contributed by atoms with Gasteiger partial charge in [-0.3, -0.25) is 14.5 Å². The molecule has 118 valence electrons. The molecule has 1 aliphatic rings. The summed E-state index contributed by atoms with van der Waals surface area (Å²) in [5, 5.41) is 0. The van der Waals surface area contributed by atoms with Crippen LogP contribution >= 0.6 is 0 Å². The number of benzene rings is 1. The average molecular weight is 303 g/mol. The Labute approximate surface area is 130 Å². The van der Waals surface area contributed by atoms with Crippen LogP contribution in [-0.2, 0) is 19.1 Å². The lowest BCUT2D eigenvalue weighted by Gasteiger charge is -2.38. The van der Waals surface area contributed by atoms with Crippen molar-refractivity contribution in [2.24, 2.45) is 5.92 Å². The van der Waals surface area contributed by atoms with E-state index in [1.54, 1.807) is 19.1 Å². The van der Waals surface area contributed by atoms with Crippen LogP contribution in [0.1, 0.15) is 32.3 Å². The lowest BCUT2D eigenvalue weighted by atomic mass is 9.85. The third kappa shape index (κ3) is 3.18. The summed E-state index contributed by atoms with van der Waals surface area (Å²) in [5.74, 6) is -1.28. The van der Waals surface area contributed by atoms with Crippen molar-refractivity contribution in [3.8, 4) is 0 Å². The van der Waals surface area contributed by atoms with Crippen LogP contribution in [0.2, 0.25) is 0 Å². The topological polar surface area (TPSA) is 63.7 Å². The number of ether oxygens (including phenoxy) is 1. The highest BCUT2D eigenvalue weighted by atomic mass is 16.5. The summed E-state index contributed by atoms with van der Waals surface area (Å²) in [6.07, 6.45) is 0.647. The van der Waals surface area contributed by atoms with Crippen molar-refractivity contribution < 1.29 is 19.1 Å². The molecule has 1 amide bonds. The second-order valence-corrected chi connectivity index (χ2v) is 5.55. The van der Waals surface area contributed by atoms with Crippen LogP contribution < -0.4 is 4.90 Å². The van der Waals surface area contributed by atoms with E-state index in [1.165, 1.54) is 11.8 Å². The number of rotatable bonds is 4. The number of hydrogen-bond donors (Lipinski definition) is 0. The van der Waals surface area contributed by atoms with Gasteiger partial charge in [-0.05, 0) is 39.3 Å². The quantitative estimate of drug-likeness (QED) is 0.800. The first-order valence-electron chi connectivity index (χ1n) is 7.51. The molecule has 0 saturated carbocycles. The smallest absolute Gasteiger partial charge is 0.329 e. The first-order valence-corrected chi connectivity index (χ1v) is 7.51. The zero-order valence-corrected chi connectivity index (χ0v) is 13.2. The maximum absolute atomic E-state index is 12.4. The number of piperidine rings is 1. The molecule has 1 aromatic carbocycles. The summed E-state index contributed by atoms with van der Waals surface area (Å²) < 4.78 is 5.10. The summed E-state index contributed by atoms with van der Waals surface area (Å²) in [7, 11) is 0. The van der Waals surface area contributed by atoms with Crippen molar-refractivity contribution >= 4 is 23.3 Å². The molecule has 5 heteroatoms. The van der Waals surface area contributed by atoms with Gasteiger partial charge >= 0.3 is 5.97 Å². The van der Waals surface area contributed by atoms with Crippen molar-refractivity contribution in [2.45, 2.75) is 39.7 Å². The number of ketones is 1. The predicted octanol–water partition coefficient (Wildman–Crippen LogP) is 2.26. The molecule has 1 aliphatic heterocycles. The molecule has 0 radical (unpaired) electrons. The predicted molar refractivity (Wildman–Crippen MR) is 82.5 cm³/mol. The summed E-state index contributed by atoms with van der Waals surface area (Å²) in [5.41, 5.74) is 1.68. The molecule has 0 spiro atoms. The van der Waals surface area contributed by atoms with E-state index in [2.05, 4.69) is 0 Å². The maximum atomic E-state index is 12.4. The Kier molecular flexibility index (Phi) is 4.96. The van der Waals surface area contributed by atoms with Crippen LogP contribution in [0.4, 0.5) is 5.69 Å². The Hall–Kier alpha value is -2.17. The van der Waals surface area contributed by atoms with Crippen LogP contribution in [0.25, 0.3) is 0 Å². The van der Waals surface area contributed by atoms with Crippen LogP contribution in [0.15, 0.2) is 24.3 Å². The Bertz CT molecular complexity index is 579. The zero-order valence-electron chi connectivity index (χ0n) is 13.2. The number of amides is 1. The van der Waals surface area contributed by atoms with Gasteiger partial charge in [-0.2, -0.15) is 0 Å². The van der Waals surface area contributed by atoms with Crippen molar-refractivity contribution in [1.82, 2.24) is 0 Å². The number of Topliss-reactive ketones (excluding diaryl/α,β-unsaturated/α-hetero) is 1. The molecule has 2 rings (SSSR count). The Balaban J connectivity index is 2.43. The van der Waals surface area contributed by atoms with Gasteiger partial charge in [-0.1, -0.05) is 17.7 Å². The fourth-order valence-electron chi connectivity index (χ4n) is 2.83. The van der Waals surface area contributed by atoms with Crippen LogP contribution in [0.5, 0.6) is 0 Å². The van der Waals surface area contributed by atoms with Crippen LogP contribution in [0.3, 0.4) is 0 Å². The van der Waals surface area contributed by atoms with E-state index in [-0.39, 0.29) is 24.7 Å². The van der Waals surface area contributed by atoms with Gasteiger partial charge in [0.05, 0.1) is 6.61 Å². The monoisotopic (exact) mass is 303 g/mol. The standard InChI is InChI=1S/C17H21NO4/c1-4-22-17(21)16-14(12(3)19)9-10-15(20)18(16)13-7-5-11(2)6-8-13/h5-8,14,16H,4,9-10H2,1-3H3/t14-,16-/m1/s1. The Morgan fingerprint density at radius 1 is 1.27 bits per heavy atom. The fourth-order valence-corrected chi connectivity index (χ4v) is 2.83. The lowest BCUT2D eigenvalue weighted by molar-refractivity contribution is -0.150. The van der Waals surface area contributed by atoms with Crippen LogP contribution in [-0.4, -0.2) is 30.3 Å². The highest BCUT2D eigenvalue weighted by Gasteiger charge is 2.44. The third-order valence-corrected chi connectivity index (χ3v) is 3.96. The van der Waals surface area contributed by atoms with Gasteiger partial charge in [0.15, 0.2) is 0 Å². The molecule has 0 aliphatic carbocycles. The number of carbonyl (C=O) groups excluding carboxylic acids is 3. The minimum atomic E-state index is -0.874. The molecule has 22 heavy (non-hydrogen) atoms. The highest BCUT2D eigenvalue weighted by Crippen LogP contribution is 2.31. The molecule has 1 heterocycles. The minimum absolute atomic E-state index is 0.0948. The van der Waals surface area contributed by atoms with E-state index < -0.39 is 17.9 Å². The van der Waals surface area contributed by atoms with Gasteiger partial charge in [0, 0.05) is 18.0 Å². The van der Waals surface area contributed by atoms with E-state index in [1.807, 2.05) is 19.1 Å². The first kappa shape index (κ1) is 16.2. The van der Waals surface area contributed by atoms with E-state index in [9.17, 15) is 14.4 Å². The zero-order chi connectivity index (χ0) is 16.3. The van der Waals surface area contributed by atoms with Gasteiger partial charge < -0.3 is 4.74 Å². The van der Waals surface area contributed by atoms with Crippen molar-refractivity contribution in [3.63, 3.8) is 0 Å². The van der Waals surface area contributed by atoms with Crippen LogP contribution in [0, 0.1) is 12.8 Å². The molecule has 0 bridgehead atoms. The molecule has 1 fully saturated rings. The molecule has 0 aromatic heterocycles. The van der Waals surface area contributed by atoms with Gasteiger partial charge in [0.2, 0.25) is 5.91 Å². The second kappa shape index (κ2) is 6.73. The molecule has 1 saturated heterocycles. The Morgan fingerprint density at radius 3 is 2.45 bits per heavy atom. The van der Waals surface area contributed by atoms with E-state index in [4.69, 9.17) is 4.74 Å². The molecule has 0 unspecified atom stereocenters. The number of anilines is 1. The normalized spacial score (nSPS) is 21.6. The minimum Gasteiger partial charge on any atom is -0.464 e. The third-order valence-electron chi connectivity index (χ3n) is 3.96. The number of aryl methyl sites for hydroxylation is 1. The summed E-state index contributed by atoms with van der Waals surface area (Å²) in [6.45, 7) is 5.33. The average Bonchev–Trinajstić information content (AvgIpc) is 2.48.